The Morgan fingerprint density at radius 1 is 1.30 bits per heavy atom. The zero-order valence-electron chi connectivity index (χ0n) is 11.5. The third-order valence-electron chi connectivity index (χ3n) is 3.74. The Balaban J connectivity index is 2.12. The van der Waals surface area contributed by atoms with E-state index in [1.54, 1.807) is 16.7 Å². The summed E-state index contributed by atoms with van der Waals surface area (Å²) in [6.45, 7) is 0.830. The molecular formula is C15H19NO3S. The van der Waals surface area contributed by atoms with Crippen molar-refractivity contribution in [1.29, 1.82) is 0 Å². The Morgan fingerprint density at radius 2 is 2.00 bits per heavy atom. The smallest absolute Gasteiger partial charge is 0.308 e. The van der Waals surface area contributed by atoms with Crippen LogP contribution in [-0.4, -0.2) is 47.0 Å². The molecule has 1 N–H and O–H groups in total. The lowest BCUT2D eigenvalue weighted by atomic mass is 9.89. The Labute approximate surface area is 123 Å². The predicted octanol–water partition coefficient (Wildman–Crippen LogP) is 2.07. The molecule has 0 saturated carbocycles. The monoisotopic (exact) mass is 293 g/mol. The highest BCUT2D eigenvalue weighted by atomic mass is 32.2. The van der Waals surface area contributed by atoms with Gasteiger partial charge in [0.25, 0.3) is 0 Å². The van der Waals surface area contributed by atoms with Crippen molar-refractivity contribution in [2.75, 3.05) is 25.1 Å². The summed E-state index contributed by atoms with van der Waals surface area (Å²) in [6, 6.07) is 9.61. The molecule has 1 saturated heterocycles. The Kier molecular flexibility index (Phi) is 5.06. The van der Waals surface area contributed by atoms with Gasteiger partial charge in [-0.2, -0.15) is 11.8 Å². The van der Waals surface area contributed by atoms with Crippen LogP contribution in [0.5, 0.6) is 0 Å². The molecule has 1 aromatic carbocycles. The lowest BCUT2D eigenvalue weighted by molar-refractivity contribution is -0.141. The highest BCUT2D eigenvalue weighted by molar-refractivity contribution is 7.98. The third-order valence-corrected chi connectivity index (χ3v) is 4.35. The van der Waals surface area contributed by atoms with E-state index < -0.39 is 11.9 Å². The molecule has 1 aromatic rings. The molecule has 20 heavy (non-hydrogen) atoms. The molecular weight excluding hydrogens is 274 g/mol. The van der Waals surface area contributed by atoms with Crippen molar-refractivity contribution in [2.24, 2.45) is 5.92 Å². The van der Waals surface area contributed by atoms with Gasteiger partial charge in [0.05, 0.1) is 5.92 Å². The van der Waals surface area contributed by atoms with Crippen molar-refractivity contribution >= 4 is 23.6 Å². The molecule has 2 atom stereocenters. The fourth-order valence-electron chi connectivity index (χ4n) is 2.64. The Hall–Kier alpha value is -1.49. The van der Waals surface area contributed by atoms with Crippen molar-refractivity contribution in [2.45, 2.75) is 12.3 Å². The number of hydrogen-bond donors (Lipinski definition) is 1. The van der Waals surface area contributed by atoms with Gasteiger partial charge in [-0.1, -0.05) is 30.3 Å². The molecule has 1 aliphatic heterocycles. The van der Waals surface area contributed by atoms with Crippen LogP contribution in [0, 0.1) is 5.92 Å². The molecule has 0 unspecified atom stereocenters. The number of carbonyl (C=O) groups is 2. The van der Waals surface area contributed by atoms with E-state index in [2.05, 4.69) is 0 Å². The molecule has 0 bridgehead atoms. The molecule has 0 aliphatic carbocycles. The third kappa shape index (κ3) is 3.33. The van der Waals surface area contributed by atoms with Gasteiger partial charge in [-0.3, -0.25) is 9.59 Å². The van der Waals surface area contributed by atoms with Gasteiger partial charge >= 0.3 is 5.97 Å². The first-order chi connectivity index (χ1) is 9.63. The summed E-state index contributed by atoms with van der Waals surface area (Å²) in [5, 5.41) is 9.38. The number of carboxylic acid groups (broad SMARTS) is 1. The molecule has 1 heterocycles. The van der Waals surface area contributed by atoms with Crippen LogP contribution in [0.4, 0.5) is 0 Å². The maximum Gasteiger partial charge on any atom is 0.308 e. The van der Waals surface area contributed by atoms with E-state index in [0.29, 0.717) is 19.5 Å². The quantitative estimate of drug-likeness (QED) is 0.903. The lowest BCUT2D eigenvalue weighted by Crippen LogP contribution is -2.30. The number of rotatable bonds is 5. The van der Waals surface area contributed by atoms with Gasteiger partial charge in [0.2, 0.25) is 5.91 Å². The van der Waals surface area contributed by atoms with Crippen LogP contribution in [0.1, 0.15) is 17.9 Å². The molecule has 108 valence electrons. The fraction of sp³-hybridized carbons (Fsp3) is 0.467. The summed E-state index contributed by atoms with van der Waals surface area (Å²) >= 11 is 1.63. The van der Waals surface area contributed by atoms with Crippen LogP contribution in [-0.2, 0) is 9.59 Å². The van der Waals surface area contributed by atoms with E-state index in [9.17, 15) is 14.7 Å². The number of aliphatic carboxylic acids is 1. The zero-order valence-corrected chi connectivity index (χ0v) is 12.3. The topological polar surface area (TPSA) is 57.6 Å². The fourth-order valence-corrected chi connectivity index (χ4v) is 3.02. The van der Waals surface area contributed by atoms with Crippen molar-refractivity contribution in [3.63, 3.8) is 0 Å². The van der Waals surface area contributed by atoms with Gasteiger partial charge < -0.3 is 10.0 Å². The van der Waals surface area contributed by atoms with E-state index in [1.165, 1.54) is 0 Å². The minimum atomic E-state index is -0.820. The number of carbonyl (C=O) groups excluding carboxylic acids is 1. The minimum absolute atomic E-state index is 0.0593. The first kappa shape index (κ1) is 14.9. The maximum atomic E-state index is 12.1. The number of thioether (sulfide) groups is 1. The minimum Gasteiger partial charge on any atom is -0.481 e. The summed E-state index contributed by atoms with van der Waals surface area (Å²) in [5.74, 6) is -0.589. The number of likely N-dealkylation sites (tertiary alicyclic amines) is 1. The number of amides is 1. The molecule has 2 rings (SSSR count). The Morgan fingerprint density at radius 3 is 2.60 bits per heavy atom. The molecule has 4 nitrogen and oxygen atoms in total. The average Bonchev–Trinajstić information content (AvgIpc) is 2.91. The SMILES string of the molecule is CSCCC(=O)N1C[C@H](C(=O)O)[C@@H](c2ccccc2)C1. The second kappa shape index (κ2) is 6.79. The summed E-state index contributed by atoms with van der Waals surface area (Å²) in [4.78, 5) is 25.2. The first-order valence-electron chi connectivity index (χ1n) is 6.68. The van der Waals surface area contributed by atoms with Crippen LogP contribution >= 0.6 is 11.8 Å². The molecule has 1 aliphatic rings. The summed E-state index contributed by atoms with van der Waals surface area (Å²) < 4.78 is 0. The Bertz CT molecular complexity index is 477. The van der Waals surface area contributed by atoms with Crippen molar-refractivity contribution in [3.8, 4) is 0 Å². The summed E-state index contributed by atoms with van der Waals surface area (Å²) in [6.07, 6.45) is 2.44. The van der Waals surface area contributed by atoms with E-state index in [1.807, 2.05) is 36.6 Å². The molecule has 1 amide bonds. The number of benzene rings is 1. The number of carboxylic acids is 1. The van der Waals surface area contributed by atoms with Gasteiger partial charge in [-0.25, -0.2) is 0 Å². The maximum absolute atomic E-state index is 12.1. The summed E-state index contributed by atoms with van der Waals surface area (Å²) in [7, 11) is 0. The molecule has 1 fully saturated rings. The van der Waals surface area contributed by atoms with Gasteiger partial charge in [-0.15, -0.1) is 0 Å². The van der Waals surface area contributed by atoms with Gasteiger partial charge in [0.15, 0.2) is 0 Å². The second-order valence-electron chi connectivity index (χ2n) is 5.00. The van der Waals surface area contributed by atoms with Crippen LogP contribution in [0.15, 0.2) is 30.3 Å². The van der Waals surface area contributed by atoms with Crippen LogP contribution in [0.2, 0.25) is 0 Å². The molecule has 0 radical (unpaired) electrons. The number of nitrogens with zero attached hydrogens (tertiary/aromatic N) is 1. The van der Waals surface area contributed by atoms with Gasteiger partial charge in [0.1, 0.15) is 0 Å². The largest absolute Gasteiger partial charge is 0.481 e. The van der Waals surface area contributed by atoms with Gasteiger partial charge in [-0.05, 0) is 11.8 Å². The highest BCUT2D eigenvalue weighted by Crippen LogP contribution is 2.33. The normalized spacial score (nSPS) is 21.9. The van der Waals surface area contributed by atoms with Crippen molar-refractivity contribution < 1.29 is 14.7 Å². The second-order valence-corrected chi connectivity index (χ2v) is 5.99. The molecule has 5 heteroatoms. The van der Waals surface area contributed by atoms with Crippen LogP contribution in [0.3, 0.4) is 0 Å². The summed E-state index contributed by atoms with van der Waals surface area (Å²) in [5.41, 5.74) is 1.00. The zero-order chi connectivity index (χ0) is 14.5. The van der Waals surface area contributed by atoms with Crippen molar-refractivity contribution in [3.05, 3.63) is 35.9 Å². The van der Waals surface area contributed by atoms with Crippen molar-refractivity contribution in [1.82, 2.24) is 4.90 Å². The van der Waals surface area contributed by atoms with E-state index in [-0.39, 0.29) is 11.8 Å². The highest BCUT2D eigenvalue weighted by Gasteiger charge is 2.40. The average molecular weight is 293 g/mol. The van der Waals surface area contributed by atoms with E-state index >= 15 is 0 Å². The molecule has 0 spiro atoms. The lowest BCUT2D eigenvalue weighted by Gasteiger charge is -2.16. The predicted molar refractivity (Wildman–Crippen MR) is 79.9 cm³/mol. The van der Waals surface area contributed by atoms with Crippen LogP contribution in [0.25, 0.3) is 0 Å². The van der Waals surface area contributed by atoms with E-state index in [4.69, 9.17) is 0 Å². The number of hydrogen-bond acceptors (Lipinski definition) is 3. The molecule has 0 aromatic heterocycles. The first-order valence-corrected chi connectivity index (χ1v) is 8.07. The van der Waals surface area contributed by atoms with Gasteiger partial charge in [0, 0.05) is 31.2 Å². The van der Waals surface area contributed by atoms with E-state index in [0.717, 1.165) is 11.3 Å². The van der Waals surface area contributed by atoms with Crippen LogP contribution < -0.4 is 0 Å². The standard InChI is InChI=1S/C15H19NO3S/c1-20-8-7-14(17)16-9-12(13(10-16)15(18)19)11-5-3-2-4-6-11/h2-6,12-13H,7-10H2,1H3,(H,18,19)/t12-,13+/m1/s1.